The highest BCUT2D eigenvalue weighted by Gasteiger charge is 2.15. The van der Waals surface area contributed by atoms with Gasteiger partial charge in [-0.2, -0.15) is 0 Å². The number of rotatable bonds is 12. The van der Waals surface area contributed by atoms with Crippen molar-refractivity contribution in [3.05, 3.63) is 0 Å². The predicted octanol–water partition coefficient (Wildman–Crippen LogP) is 2.86. The molecule has 0 radical (unpaired) electrons. The zero-order valence-electron chi connectivity index (χ0n) is 13.1. The Kier molecular flexibility index (Phi) is 12.0. The van der Waals surface area contributed by atoms with E-state index in [-0.39, 0.29) is 12.1 Å². The summed E-state index contributed by atoms with van der Waals surface area (Å²) in [6.07, 6.45) is 4.65. The highest BCUT2D eigenvalue weighted by molar-refractivity contribution is 5.66. The van der Waals surface area contributed by atoms with Crippen molar-refractivity contribution in [2.45, 2.75) is 59.5 Å². The number of hydrogen-bond acceptors (Lipinski definition) is 4. The highest BCUT2D eigenvalue weighted by atomic mass is 16.6. The molecule has 0 aromatic rings. The Morgan fingerprint density at radius 1 is 1.11 bits per heavy atom. The van der Waals surface area contributed by atoms with Crippen LogP contribution in [0.4, 0.5) is 0 Å². The molecule has 0 aliphatic heterocycles. The van der Waals surface area contributed by atoms with Crippen LogP contribution in [-0.4, -0.2) is 49.8 Å². The van der Waals surface area contributed by atoms with Crippen molar-refractivity contribution >= 4 is 5.97 Å². The summed E-state index contributed by atoms with van der Waals surface area (Å²) in [5.41, 5.74) is 0. The number of carbonyl (C=O) groups excluding carboxylic acids is 1. The van der Waals surface area contributed by atoms with Crippen LogP contribution in [-0.2, 0) is 14.3 Å². The van der Waals surface area contributed by atoms with E-state index in [4.69, 9.17) is 9.47 Å². The molecule has 19 heavy (non-hydrogen) atoms. The monoisotopic (exact) mass is 273 g/mol. The maximum Gasteiger partial charge on any atom is 0.303 e. The zero-order valence-corrected chi connectivity index (χ0v) is 13.1. The number of esters is 1. The van der Waals surface area contributed by atoms with Crippen LogP contribution in [0.15, 0.2) is 0 Å². The first-order valence-corrected chi connectivity index (χ1v) is 7.61. The summed E-state index contributed by atoms with van der Waals surface area (Å²) < 4.78 is 10.9. The van der Waals surface area contributed by atoms with Gasteiger partial charge in [-0.15, -0.1) is 0 Å². The minimum absolute atomic E-state index is 0.149. The molecule has 1 atom stereocenters. The van der Waals surface area contributed by atoms with Crippen LogP contribution >= 0.6 is 0 Å². The Morgan fingerprint density at radius 2 is 1.79 bits per heavy atom. The lowest BCUT2D eigenvalue weighted by Crippen LogP contribution is -2.37. The van der Waals surface area contributed by atoms with Crippen LogP contribution in [0.5, 0.6) is 0 Å². The van der Waals surface area contributed by atoms with Gasteiger partial charge in [0.1, 0.15) is 6.10 Å². The van der Waals surface area contributed by atoms with Gasteiger partial charge in [0.25, 0.3) is 0 Å². The Hall–Kier alpha value is -0.610. The minimum atomic E-state index is -0.230. The Morgan fingerprint density at radius 3 is 2.32 bits per heavy atom. The van der Waals surface area contributed by atoms with Gasteiger partial charge >= 0.3 is 5.97 Å². The van der Waals surface area contributed by atoms with Crippen LogP contribution in [0.3, 0.4) is 0 Å². The molecule has 0 heterocycles. The molecule has 0 spiro atoms. The van der Waals surface area contributed by atoms with Gasteiger partial charge in [0.15, 0.2) is 0 Å². The second-order valence-corrected chi connectivity index (χ2v) is 4.85. The number of hydrogen-bond donors (Lipinski definition) is 0. The summed E-state index contributed by atoms with van der Waals surface area (Å²) in [5, 5.41) is 0. The number of carbonyl (C=O) groups is 1. The Labute approximate surface area is 118 Å². The molecule has 0 rings (SSSR count). The molecular weight excluding hydrogens is 242 g/mol. The Bertz CT molecular complexity index is 217. The molecule has 1 unspecified atom stereocenters. The molecule has 0 aromatic carbocycles. The van der Waals surface area contributed by atoms with E-state index in [1.807, 2.05) is 0 Å². The second-order valence-electron chi connectivity index (χ2n) is 4.85. The lowest BCUT2D eigenvalue weighted by atomic mass is 10.2. The average molecular weight is 273 g/mol. The van der Waals surface area contributed by atoms with E-state index in [2.05, 4.69) is 25.7 Å². The van der Waals surface area contributed by atoms with Crippen molar-refractivity contribution in [1.29, 1.82) is 0 Å². The van der Waals surface area contributed by atoms with Crippen molar-refractivity contribution in [2.24, 2.45) is 0 Å². The van der Waals surface area contributed by atoms with Crippen LogP contribution in [0.25, 0.3) is 0 Å². The fourth-order valence-corrected chi connectivity index (χ4v) is 1.97. The van der Waals surface area contributed by atoms with Crippen molar-refractivity contribution in [3.8, 4) is 0 Å². The van der Waals surface area contributed by atoms with Crippen molar-refractivity contribution < 1.29 is 14.3 Å². The summed E-state index contributed by atoms with van der Waals surface area (Å²) in [6.45, 7) is 11.8. The Balaban J connectivity index is 3.89. The third kappa shape index (κ3) is 11.0. The van der Waals surface area contributed by atoms with Gasteiger partial charge in [-0.25, -0.2) is 0 Å². The topological polar surface area (TPSA) is 38.8 Å². The molecule has 0 fully saturated rings. The van der Waals surface area contributed by atoms with Gasteiger partial charge in [-0.3, -0.25) is 4.79 Å². The maximum atomic E-state index is 11.1. The van der Waals surface area contributed by atoms with Crippen molar-refractivity contribution in [2.75, 3.05) is 32.8 Å². The normalized spacial score (nSPS) is 12.7. The number of nitrogens with zero attached hydrogens (tertiary/aromatic N) is 1. The number of unbranched alkanes of at least 4 members (excludes halogenated alkanes) is 3. The van der Waals surface area contributed by atoms with E-state index in [1.54, 1.807) is 0 Å². The fourth-order valence-electron chi connectivity index (χ4n) is 1.97. The standard InChI is InChI=1S/C15H31NO3/c1-5-8-9-10-11-18-13-15(19-14(4)17)12-16(6-2)7-3/h15H,5-13H2,1-4H3. The molecule has 0 aliphatic rings. The van der Waals surface area contributed by atoms with Gasteiger partial charge in [-0.1, -0.05) is 40.0 Å². The molecule has 114 valence electrons. The van der Waals surface area contributed by atoms with Gasteiger partial charge in [-0.05, 0) is 19.5 Å². The van der Waals surface area contributed by atoms with E-state index in [9.17, 15) is 4.79 Å². The number of likely N-dealkylation sites (N-methyl/N-ethyl adjacent to an activating group) is 1. The summed E-state index contributed by atoms with van der Waals surface area (Å²) >= 11 is 0. The SMILES string of the molecule is CCCCCCOCC(CN(CC)CC)OC(C)=O. The first kappa shape index (κ1) is 18.4. The molecule has 0 aliphatic carbocycles. The van der Waals surface area contributed by atoms with E-state index < -0.39 is 0 Å². The summed E-state index contributed by atoms with van der Waals surface area (Å²) in [7, 11) is 0. The van der Waals surface area contributed by atoms with Gasteiger partial charge in [0, 0.05) is 20.1 Å². The molecule has 4 heteroatoms. The van der Waals surface area contributed by atoms with Crippen LogP contribution in [0, 0.1) is 0 Å². The predicted molar refractivity (Wildman–Crippen MR) is 78.3 cm³/mol. The first-order valence-electron chi connectivity index (χ1n) is 7.61. The highest BCUT2D eigenvalue weighted by Crippen LogP contribution is 2.02. The van der Waals surface area contributed by atoms with Gasteiger partial charge in [0.05, 0.1) is 6.61 Å². The lowest BCUT2D eigenvalue weighted by molar-refractivity contribution is -0.150. The van der Waals surface area contributed by atoms with Crippen LogP contribution in [0.2, 0.25) is 0 Å². The maximum absolute atomic E-state index is 11.1. The quantitative estimate of drug-likeness (QED) is 0.405. The average Bonchev–Trinajstić information content (AvgIpc) is 2.38. The van der Waals surface area contributed by atoms with Gasteiger partial charge < -0.3 is 14.4 Å². The molecule has 0 N–H and O–H groups in total. The fraction of sp³-hybridized carbons (Fsp3) is 0.933. The molecule has 0 aromatic heterocycles. The molecule has 0 saturated carbocycles. The van der Waals surface area contributed by atoms with Gasteiger partial charge in [0.2, 0.25) is 0 Å². The van der Waals surface area contributed by atoms with E-state index in [0.29, 0.717) is 6.61 Å². The van der Waals surface area contributed by atoms with Crippen LogP contribution in [0.1, 0.15) is 53.4 Å². The molecule has 0 bridgehead atoms. The van der Waals surface area contributed by atoms with E-state index >= 15 is 0 Å². The zero-order chi connectivity index (χ0) is 14.5. The van der Waals surface area contributed by atoms with Crippen LogP contribution < -0.4 is 0 Å². The minimum Gasteiger partial charge on any atom is -0.459 e. The summed E-state index contributed by atoms with van der Waals surface area (Å²) in [5.74, 6) is -0.230. The largest absolute Gasteiger partial charge is 0.459 e. The lowest BCUT2D eigenvalue weighted by Gasteiger charge is -2.24. The summed E-state index contributed by atoms with van der Waals surface area (Å²) in [4.78, 5) is 13.3. The number of ether oxygens (including phenoxy) is 2. The molecular formula is C15H31NO3. The molecule has 4 nitrogen and oxygen atoms in total. The first-order chi connectivity index (χ1) is 9.13. The second kappa shape index (κ2) is 12.4. The van der Waals surface area contributed by atoms with Crippen molar-refractivity contribution in [1.82, 2.24) is 4.90 Å². The third-order valence-electron chi connectivity index (χ3n) is 3.13. The molecule has 0 saturated heterocycles. The summed E-state index contributed by atoms with van der Waals surface area (Å²) in [6, 6.07) is 0. The van der Waals surface area contributed by atoms with E-state index in [0.717, 1.165) is 32.7 Å². The van der Waals surface area contributed by atoms with E-state index in [1.165, 1.54) is 26.2 Å². The van der Waals surface area contributed by atoms with Crippen molar-refractivity contribution in [3.63, 3.8) is 0 Å². The molecule has 0 amide bonds. The third-order valence-corrected chi connectivity index (χ3v) is 3.13. The smallest absolute Gasteiger partial charge is 0.303 e.